The van der Waals surface area contributed by atoms with E-state index in [2.05, 4.69) is 5.32 Å². The first kappa shape index (κ1) is 20.1. The van der Waals surface area contributed by atoms with Crippen molar-refractivity contribution < 1.29 is 19.1 Å². The monoisotopic (exact) mass is 389 g/mol. The van der Waals surface area contributed by atoms with Gasteiger partial charge in [-0.05, 0) is 35.7 Å². The highest BCUT2D eigenvalue weighted by atomic mass is 16.5. The Kier molecular flexibility index (Phi) is 7.00. The fourth-order valence-corrected chi connectivity index (χ4v) is 2.99. The number of benzene rings is 3. The van der Waals surface area contributed by atoms with Crippen molar-refractivity contribution in [2.45, 2.75) is 12.5 Å². The number of amides is 1. The van der Waals surface area contributed by atoms with Gasteiger partial charge in [-0.1, -0.05) is 66.7 Å². The van der Waals surface area contributed by atoms with Gasteiger partial charge in [-0.3, -0.25) is 4.79 Å². The van der Waals surface area contributed by atoms with E-state index in [9.17, 15) is 9.59 Å². The molecule has 0 aliphatic carbocycles. The van der Waals surface area contributed by atoms with Crippen LogP contribution in [0.15, 0.2) is 84.9 Å². The van der Waals surface area contributed by atoms with Gasteiger partial charge in [-0.15, -0.1) is 0 Å². The van der Waals surface area contributed by atoms with Gasteiger partial charge >= 0.3 is 5.97 Å². The SMILES string of the molecule is COc1cccc(C(=O)OCC(=O)N[C@H](Cc2ccccc2)c2ccccc2)c1. The van der Waals surface area contributed by atoms with E-state index in [1.807, 2.05) is 60.7 Å². The lowest BCUT2D eigenvalue weighted by Gasteiger charge is -2.19. The third kappa shape index (κ3) is 5.94. The number of hydrogen-bond donors (Lipinski definition) is 1. The fourth-order valence-electron chi connectivity index (χ4n) is 2.99. The van der Waals surface area contributed by atoms with Gasteiger partial charge in [-0.2, -0.15) is 0 Å². The summed E-state index contributed by atoms with van der Waals surface area (Å²) in [6.07, 6.45) is 0.639. The van der Waals surface area contributed by atoms with E-state index < -0.39 is 5.97 Å². The Morgan fingerprint density at radius 1 is 0.897 bits per heavy atom. The molecule has 0 aliphatic rings. The third-order valence-electron chi connectivity index (χ3n) is 4.46. The van der Waals surface area contributed by atoms with Crippen LogP contribution in [-0.2, 0) is 16.0 Å². The smallest absolute Gasteiger partial charge is 0.338 e. The summed E-state index contributed by atoms with van der Waals surface area (Å²) in [7, 11) is 1.52. The average Bonchev–Trinajstić information content (AvgIpc) is 2.78. The van der Waals surface area contributed by atoms with Crippen LogP contribution in [0.1, 0.15) is 27.5 Å². The first-order valence-corrected chi connectivity index (χ1v) is 9.35. The molecule has 0 bridgehead atoms. The van der Waals surface area contributed by atoms with Crippen molar-refractivity contribution in [2.24, 2.45) is 0 Å². The van der Waals surface area contributed by atoms with Crippen LogP contribution in [0.4, 0.5) is 0 Å². The molecular weight excluding hydrogens is 366 g/mol. The molecule has 5 heteroatoms. The third-order valence-corrected chi connectivity index (χ3v) is 4.46. The summed E-state index contributed by atoms with van der Waals surface area (Å²) in [6.45, 7) is -0.353. The van der Waals surface area contributed by atoms with E-state index in [0.717, 1.165) is 11.1 Å². The second kappa shape index (κ2) is 10.1. The first-order valence-electron chi connectivity index (χ1n) is 9.35. The van der Waals surface area contributed by atoms with Crippen LogP contribution < -0.4 is 10.1 Å². The number of esters is 1. The van der Waals surface area contributed by atoms with E-state index in [0.29, 0.717) is 17.7 Å². The minimum absolute atomic E-state index is 0.221. The maximum Gasteiger partial charge on any atom is 0.338 e. The Labute approximate surface area is 170 Å². The standard InChI is InChI=1S/C24H23NO4/c1-28-21-14-8-13-20(16-21)24(27)29-17-23(26)25-22(19-11-6-3-7-12-19)15-18-9-4-2-5-10-18/h2-14,16,22H,15,17H2,1H3,(H,25,26)/t22-/m1/s1. The van der Waals surface area contributed by atoms with Crippen LogP contribution >= 0.6 is 0 Å². The van der Waals surface area contributed by atoms with Crippen molar-refractivity contribution in [1.29, 1.82) is 0 Å². The lowest BCUT2D eigenvalue weighted by Crippen LogP contribution is -2.33. The van der Waals surface area contributed by atoms with E-state index in [-0.39, 0.29) is 18.6 Å². The van der Waals surface area contributed by atoms with E-state index >= 15 is 0 Å². The molecule has 0 heterocycles. The van der Waals surface area contributed by atoms with Crippen molar-refractivity contribution in [3.05, 3.63) is 102 Å². The summed E-state index contributed by atoms with van der Waals surface area (Å²) < 4.78 is 10.3. The van der Waals surface area contributed by atoms with Gasteiger partial charge in [0.1, 0.15) is 5.75 Å². The molecule has 0 aromatic heterocycles. The van der Waals surface area contributed by atoms with Crippen molar-refractivity contribution in [3.63, 3.8) is 0 Å². The molecule has 0 saturated heterocycles. The largest absolute Gasteiger partial charge is 0.497 e. The molecule has 1 atom stereocenters. The molecule has 5 nitrogen and oxygen atoms in total. The number of rotatable bonds is 8. The molecule has 0 spiro atoms. The maximum atomic E-state index is 12.5. The number of nitrogens with one attached hydrogen (secondary N) is 1. The molecule has 1 N–H and O–H groups in total. The normalized spacial score (nSPS) is 11.3. The minimum Gasteiger partial charge on any atom is -0.497 e. The predicted octanol–water partition coefficient (Wildman–Crippen LogP) is 3.95. The number of hydrogen-bond acceptors (Lipinski definition) is 4. The Hall–Kier alpha value is -3.60. The topological polar surface area (TPSA) is 64.6 Å². The molecule has 0 fully saturated rings. The maximum absolute atomic E-state index is 12.5. The predicted molar refractivity (Wildman–Crippen MR) is 111 cm³/mol. The summed E-state index contributed by atoms with van der Waals surface area (Å²) in [5, 5.41) is 2.97. The molecule has 148 valence electrons. The molecular formula is C24H23NO4. The Bertz CT molecular complexity index is 941. The van der Waals surface area contributed by atoms with Crippen LogP contribution in [0.2, 0.25) is 0 Å². The molecule has 29 heavy (non-hydrogen) atoms. The van der Waals surface area contributed by atoms with Gasteiger partial charge in [0.25, 0.3) is 5.91 Å². The zero-order valence-electron chi connectivity index (χ0n) is 16.2. The van der Waals surface area contributed by atoms with E-state index in [1.165, 1.54) is 7.11 Å². The molecule has 3 rings (SSSR count). The zero-order chi connectivity index (χ0) is 20.5. The molecule has 0 unspecified atom stereocenters. The zero-order valence-corrected chi connectivity index (χ0v) is 16.2. The number of ether oxygens (including phenoxy) is 2. The van der Waals surface area contributed by atoms with Gasteiger partial charge in [-0.25, -0.2) is 4.79 Å². The Morgan fingerprint density at radius 2 is 1.59 bits per heavy atom. The van der Waals surface area contributed by atoms with Gasteiger partial charge in [0, 0.05) is 0 Å². The lowest BCUT2D eigenvalue weighted by atomic mass is 9.99. The Morgan fingerprint density at radius 3 is 2.28 bits per heavy atom. The summed E-state index contributed by atoms with van der Waals surface area (Å²) in [5.74, 6) is -0.375. The van der Waals surface area contributed by atoms with Gasteiger partial charge in [0.2, 0.25) is 0 Å². The van der Waals surface area contributed by atoms with Crippen LogP contribution in [0, 0.1) is 0 Å². The molecule has 3 aromatic rings. The minimum atomic E-state index is -0.571. The van der Waals surface area contributed by atoms with Crippen molar-refractivity contribution in [2.75, 3.05) is 13.7 Å². The van der Waals surface area contributed by atoms with Crippen molar-refractivity contribution >= 4 is 11.9 Å². The summed E-state index contributed by atoms with van der Waals surface area (Å²) >= 11 is 0. The van der Waals surface area contributed by atoms with Crippen LogP contribution in [0.5, 0.6) is 5.75 Å². The number of methoxy groups -OCH3 is 1. The highest BCUT2D eigenvalue weighted by Gasteiger charge is 2.17. The average molecular weight is 389 g/mol. The Balaban J connectivity index is 1.62. The quantitative estimate of drug-likeness (QED) is 0.593. The van der Waals surface area contributed by atoms with Crippen molar-refractivity contribution in [1.82, 2.24) is 5.32 Å². The second-order valence-corrected chi connectivity index (χ2v) is 6.53. The highest BCUT2D eigenvalue weighted by Crippen LogP contribution is 2.18. The summed E-state index contributed by atoms with van der Waals surface area (Å²) in [6, 6.07) is 26.1. The van der Waals surface area contributed by atoms with E-state index in [1.54, 1.807) is 24.3 Å². The first-order chi connectivity index (χ1) is 14.2. The number of carbonyl (C=O) groups is 2. The molecule has 1 amide bonds. The molecule has 0 saturated carbocycles. The second-order valence-electron chi connectivity index (χ2n) is 6.53. The fraction of sp³-hybridized carbons (Fsp3) is 0.167. The lowest BCUT2D eigenvalue weighted by molar-refractivity contribution is -0.125. The van der Waals surface area contributed by atoms with Crippen LogP contribution in [0.3, 0.4) is 0 Å². The molecule has 3 aromatic carbocycles. The molecule has 0 radical (unpaired) electrons. The van der Waals surface area contributed by atoms with Crippen LogP contribution in [-0.4, -0.2) is 25.6 Å². The van der Waals surface area contributed by atoms with Crippen molar-refractivity contribution in [3.8, 4) is 5.75 Å². The van der Waals surface area contributed by atoms with Gasteiger partial charge in [0.05, 0.1) is 18.7 Å². The molecule has 0 aliphatic heterocycles. The van der Waals surface area contributed by atoms with Gasteiger partial charge < -0.3 is 14.8 Å². The summed E-state index contributed by atoms with van der Waals surface area (Å²) in [4.78, 5) is 24.7. The number of carbonyl (C=O) groups excluding carboxylic acids is 2. The van der Waals surface area contributed by atoms with E-state index in [4.69, 9.17) is 9.47 Å². The van der Waals surface area contributed by atoms with Crippen LogP contribution in [0.25, 0.3) is 0 Å². The van der Waals surface area contributed by atoms with Gasteiger partial charge in [0.15, 0.2) is 6.61 Å². The highest BCUT2D eigenvalue weighted by molar-refractivity contribution is 5.91. The summed E-state index contributed by atoms with van der Waals surface area (Å²) in [5.41, 5.74) is 2.43.